The fraction of sp³-hybridized carbons (Fsp3) is 0.400. The number of hydrogen-bond donors (Lipinski definition) is 2. The largest absolute Gasteiger partial charge is 0.443 e. The van der Waals surface area contributed by atoms with Crippen molar-refractivity contribution in [1.82, 2.24) is 5.32 Å². The molecule has 0 aromatic heterocycles. The highest BCUT2D eigenvalue weighted by Crippen LogP contribution is 2.14. The molecule has 0 atom stereocenters. The molecule has 1 rings (SSSR count). The third kappa shape index (κ3) is 7.55. The first-order valence-electron chi connectivity index (χ1n) is 6.33. The minimum atomic E-state index is -0.534. The molecule has 0 radical (unpaired) electrons. The number of ether oxygens (including phenoxy) is 1. The highest BCUT2D eigenvalue weighted by atomic mass is 35.5. The van der Waals surface area contributed by atoms with E-state index < -0.39 is 11.7 Å². The van der Waals surface area contributed by atoms with Crippen molar-refractivity contribution in [2.24, 2.45) is 0 Å². The first kappa shape index (κ1) is 16.2. The number of hydrogen-bond acceptors (Lipinski definition) is 3. The third-order valence-electron chi connectivity index (χ3n) is 2.06. The zero-order valence-corrected chi connectivity index (χ0v) is 12.7. The molecule has 0 heterocycles. The van der Waals surface area contributed by atoms with E-state index in [1.807, 2.05) is 24.3 Å². The maximum atomic E-state index is 11.3. The van der Waals surface area contributed by atoms with Gasteiger partial charge in [-0.1, -0.05) is 23.6 Å². The normalized spacial score (nSPS) is 10.2. The van der Waals surface area contributed by atoms with Gasteiger partial charge in [0.2, 0.25) is 0 Å². The molecule has 0 spiro atoms. The van der Waals surface area contributed by atoms with Gasteiger partial charge < -0.3 is 10.1 Å². The van der Waals surface area contributed by atoms with Gasteiger partial charge in [-0.2, -0.15) is 0 Å². The van der Waals surface area contributed by atoms with Gasteiger partial charge in [0.25, 0.3) is 0 Å². The van der Waals surface area contributed by atoms with Crippen LogP contribution in [-0.4, -0.2) is 18.2 Å². The number of nitrogens with one attached hydrogen (secondary N) is 2. The van der Waals surface area contributed by atoms with Gasteiger partial charge in [0.15, 0.2) is 0 Å². The Labute approximate surface area is 124 Å². The van der Waals surface area contributed by atoms with Gasteiger partial charge in [-0.3, -0.25) is 0 Å². The molecule has 2 N–H and O–H groups in total. The monoisotopic (exact) mass is 294 g/mol. The van der Waals surface area contributed by atoms with Gasteiger partial charge >= 0.3 is 6.09 Å². The van der Waals surface area contributed by atoms with Gasteiger partial charge in [-0.05, 0) is 39.0 Å². The van der Waals surface area contributed by atoms with Crippen molar-refractivity contribution in [3.8, 4) is 12.0 Å². The van der Waals surface area contributed by atoms with Gasteiger partial charge in [-0.15, -0.1) is 0 Å². The topological polar surface area (TPSA) is 50.4 Å². The Morgan fingerprint density at radius 1 is 1.40 bits per heavy atom. The van der Waals surface area contributed by atoms with Crippen LogP contribution in [0.1, 0.15) is 27.2 Å². The second-order valence-electron chi connectivity index (χ2n) is 5.12. The van der Waals surface area contributed by atoms with Gasteiger partial charge in [-0.25, -0.2) is 10.1 Å². The quantitative estimate of drug-likeness (QED) is 0.508. The number of halogens is 1. The lowest BCUT2D eigenvalue weighted by Crippen LogP contribution is -2.29. The molecule has 0 aliphatic heterocycles. The Morgan fingerprint density at radius 3 is 2.80 bits per heavy atom. The SMILES string of the molecule is CC(C)(C)OC(=O)NC#CCCNc1cccc(Cl)c1. The van der Waals surface area contributed by atoms with Crippen LogP contribution in [0.2, 0.25) is 5.02 Å². The fourth-order valence-electron chi connectivity index (χ4n) is 1.33. The molecule has 0 aliphatic carbocycles. The van der Waals surface area contributed by atoms with Crippen LogP contribution in [0.15, 0.2) is 24.3 Å². The number of rotatable bonds is 3. The van der Waals surface area contributed by atoms with E-state index in [0.29, 0.717) is 18.0 Å². The molecule has 20 heavy (non-hydrogen) atoms. The zero-order valence-electron chi connectivity index (χ0n) is 11.9. The summed E-state index contributed by atoms with van der Waals surface area (Å²) >= 11 is 5.87. The van der Waals surface area contributed by atoms with Crippen LogP contribution in [0, 0.1) is 12.0 Å². The summed E-state index contributed by atoms with van der Waals surface area (Å²) in [6.07, 6.45) is 0.0651. The molecule has 108 valence electrons. The van der Waals surface area contributed by atoms with Crippen molar-refractivity contribution in [2.45, 2.75) is 32.8 Å². The second-order valence-corrected chi connectivity index (χ2v) is 5.55. The van der Waals surface area contributed by atoms with Crippen molar-refractivity contribution in [2.75, 3.05) is 11.9 Å². The summed E-state index contributed by atoms with van der Waals surface area (Å²) in [6.45, 7) is 6.07. The van der Waals surface area contributed by atoms with Crippen LogP contribution in [0.4, 0.5) is 10.5 Å². The lowest BCUT2D eigenvalue weighted by Gasteiger charge is -2.18. The number of amides is 1. The van der Waals surface area contributed by atoms with Crippen molar-refractivity contribution in [3.05, 3.63) is 29.3 Å². The first-order chi connectivity index (χ1) is 9.37. The molecule has 1 aromatic rings. The van der Waals surface area contributed by atoms with E-state index in [4.69, 9.17) is 16.3 Å². The van der Waals surface area contributed by atoms with E-state index in [-0.39, 0.29) is 0 Å². The highest BCUT2D eigenvalue weighted by Gasteiger charge is 2.14. The molecular formula is C15H19ClN2O2. The van der Waals surface area contributed by atoms with E-state index in [2.05, 4.69) is 22.6 Å². The number of carbonyl (C=O) groups is 1. The minimum Gasteiger partial charge on any atom is -0.443 e. The summed E-state index contributed by atoms with van der Waals surface area (Å²) in [7, 11) is 0. The standard InChI is InChI=1S/C15H19ClN2O2/c1-15(2,3)20-14(19)18-10-5-4-9-17-13-8-6-7-12(16)11-13/h6-8,11,17H,4,9H2,1-3H3,(H,18,19). The number of anilines is 1. The summed E-state index contributed by atoms with van der Waals surface area (Å²) in [4.78, 5) is 11.3. The summed E-state index contributed by atoms with van der Waals surface area (Å²) in [5.41, 5.74) is 0.430. The van der Waals surface area contributed by atoms with Crippen LogP contribution in [0.5, 0.6) is 0 Å². The molecule has 0 saturated heterocycles. The van der Waals surface area contributed by atoms with Gasteiger partial charge in [0.1, 0.15) is 5.60 Å². The third-order valence-corrected chi connectivity index (χ3v) is 2.29. The summed E-state index contributed by atoms with van der Waals surface area (Å²) in [5, 5.41) is 6.24. The second kappa shape index (κ2) is 7.66. The van der Waals surface area contributed by atoms with E-state index >= 15 is 0 Å². The highest BCUT2D eigenvalue weighted by molar-refractivity contribution is 6.30. The van der Waals surface area contributed by atoms with Crippen molar-refractivity contribution in [3.63, 3.8) is 0 Å². The molecule has 0 saturated carbocycles. The molecule has 0 unspecified atom stereocenters. The molecule has 0 aliphatic rings. The Bertz CT molecular complexity index is 513. The molecule has 0 fully saturated rings. The Hall–Kier alpha value is -1.86. The van der Waals surface area contributed by atoms with Crippen molar-refractivity contribution >= 4 is 23.4 Å². The summed E-state index contributed by atoms with van der Waals surface area (Å²) in [5.74, 6) is 2.83. The number of benzene rings is 1. The lowest BCUT2D eigenvalue weighted by atomic mass is 10.2. The first-order valence-corrected chi connectivity index (χ1v) is 6.71. The summed E-state index contributed by atoms with van der Waals surface area (Å²) < 4.78 is 5.04. The molecule has 1 amide bonds. The number of alkyl carbamates (subject to hydrolysis) is 1. The maximum absolute atomic E-state index is 11.3. The molecule has 5 heteroatoms. The van der Waals surface area contributed by atoms with Crippen molar-refractivity contribution in [1.29, 1.82) is 0 Å². The average Bonchev–Trinajstić information content (AvgIpc) is 2.31. The van der Waals surface area contributed by atoms with E-state index in [1.54, 1.807) is 20.8 Å². The predicted molar refractivity (Wildman–Crippen MR) is 81.7 cm³/mol. The average molecular weight is 295 g/mol. The van der Waals surface area contributed by atoms with Crippen LogP contribution in [0.25, 0.3) is 0 Å². The summed E-state index contributed by atoms with van der Waals surface area (Å²) in [6, 6.07) is 10.0. The van der Waals surface area contributed by atoms with Crippen LogP contribution in [0.3, 0.4) is 0 Å². The minimum absolute atomic E-state index is 0.514. The van der Waals surface area contributed by atoms with Gasteiger partial charge in [0.05, 0.1) is 0 Å². The van der Waals surface area contributed by atoms with Crippen LogP contribution >= 0.6 is 11.6 Å². The van der Waals surface area contributed by atoms with E-state index in [1.165, 1.54) is 0 Å². The molecule has 0 bridgehead atoms. The Balaban J connectivity index is 2.22. The lowest BCUT2D eigenvalue weighted by molar-refractivity contribution is 0.0557. The maximum Gasteiger partial charge on any atom is 0.419 e. The molecular weight excluding hydrogens is 276 g/mol. The van der Waals surface area contributed by atoms with Gasteiger partial charge in [0, 0.05) is 29.7 Å². The van der Waals surface area contributed by atoms with Crippen LogP contribution < -0.4 is 10.6 Å². The Kier molecular flexibility index (Phi) is 6.20. The predicted octanol–water partition coefficient (Wildman–Crippen LogP) is 3.63. The molecule has 4 nitrogen and oxygen atoms in total. The number of carbonyl (C=O) groups excluding carboxylic acids is 1. The molecule has 1 aromatic carbocycles. The Morgan fingerprint density at radius 2 is 2.15 bits per heavy atom. The fourth-order valence-corrected chi connectivity index (χ4v) is 1.52. The van der Waals surface area contributed by atoms with Crippen molar-refractivity contribution < 1.29 is 9.53 Å². The van der Waals surface area contributed by atoms with Crippen LogP contribution in [-0.2, 0) is 4.74 Å². The van der Waals surface area contributed by atoms with E-state index in [0.717, 1.165) is 5.69 Å². The zero-order chi connectivity index (χ0) is 15.0. The smallest absolute Gasteiger partial charge is 0.419 e. The van der Waals surface area contributed by atoms with E-state index in [9.17, 15) is 4.79 Å².